The molecule has 1 fully saturated rings. The number of nitrogens with one attached hydrogen (secondary N) is 1. The summed E-state index contributed by atoms with van der Waals surface area (Å²) in [6.45, 7) is 2.59. The van der Waals surface area contributed by atoms with Crippen molar-refractivity contribution >= 4 is 23.2 Å². The van der Waals surface area contributed by atoms with Crippen molar-refractivity contribution in [3.8, 4) is 11.4 Å². The quantitative estimate of drug-likeness (QED) is 0.608. The molecule has 3 aromatic rings. The molecular weight excluding hydrogens is 392 g/mol. The summed E-state index contributed by atoms with van der Waals surface area (Å²) in [4.78, 5) is 15.3. The van der Waals surface area contributed by atoms with Crippen molar-refractivity contribution in [2.24, 2.45) is 5.92 Å². The number of aromatic nitrogens is 4. The van der Waals surface area contributed by atoms with Crippen LogP contribution in [-0.2, 0) is 6.42 Å². The molecule has 0 radical (unpaired) electrons. The number of aliphatic hydroxyl groups excluding tert-OH is 1. The number of aliphatic hydroxyl groups is 1. The fraction of sp³-hybridized carbons (Fsp3) is 0.400. The molecule has 1 atom stereocenters. The topological polar surface area (TPSA) is 100 Å². The van der Waals surface area contributed by atoms with Crippen LogP contribution in [0.5, 0.6) is 0 Å². The maximum Gasteiger partial charge on any atom is 0.228 e. The van der Waals surface area contributed by atoms with E-state index in [0.717, 1.165) is 43.1 Å². The van der Waals surface area contributed by atoms with E-state index in [1.807, 2.05) is 18.2 Å². The summed E-state index contributed by atoms with van der Waals surface area (Å²) in [6, 6.07) is 9.25. The molecular formula is C20H23ClN6O2. The molecule has 0 aliphatic carbocycles. The summed E-state index contributed by atoms with van der Waals surface area (Å²) in [6.07, 6.45) is 4.26. The Bertz CT molecular complexity index is 933. The van der Waals surface area contributed by atoms with Crippen LogP contribution in [0.4, 0.5) is 11.6 Å². The molecule has 9 heteroatoms. The van der Waals surface area contributed by atoms with E-state index in [1.54, 1.807) is 18.5 Å². The zero-order valence-corrected chi connectivity index (χ0v) is 16.7. The highest BCUT2D eigenvalue weighted by molar-refractivity contribution is 6.30. The van der Waals surface area contributed by atoms with Crippen LogP contribution in [0.15, 0.2) is 41.2 Å². The van der Waals surface area contributed by atoms with E-state index in [1.165, 1.54) is 0 Å². The van der Waals surface area contributed by atoms with Crippen molar-refractivity contribution in [3.63, 3.8) is 0 Å². The molecule has 0 spiro atoms. The molecule has 29 heavy (non-hydrogen) atoms. The van der Waals surface area contributed by atoms with Crippen molar-refractivity contribution in [3.05, 3.63) is 47.6 Å². The number of halogens is 1. The minimum absolute atomic E-state index is 0.217. The number of piperidine rings is 1. The highest BCUT2D eigenvalue weighted by atomic mass is 35.5. The van der Waals surface area contributed by atoms with Gasteiger partial charge in [-0.15, -0.1) is 0 Å². The fourth-order valence-corrected chi connectivity index (χ4v) is 3.53. The number of anilines is 2. The molecule has 1 aromatic carbocycles. The summed E-state index contributed by atoms with van der Waals surface area (Å²) in [5, 5.41) is 17.4. The lowest BCUT2D eigenvalue weighted by Gasteiger charge is -2.32. The first-order valence-electron chi connectivity index (χ1n) is 9.71. The van der Waals surface area contributed by atoms with Crippen LogP contribution >= 0.6 is 11.6 Å². The lowest BCUT2D eigenvalue weighted by Crippen LogP contribution is -2.37. The van der Waals surface area contributed by atoms with Crippen molar-refractivity contribution in [1.82, 2.24) is 20.1 Å². The number of benzene rings is 1. The smallest absolute Gasteiger partial charge is 0.228 e. The van der Waals surface area contributed by atoms with Crippen molar-refractivity contribution in [2.45, 2.75) is 19.3 Å². The van der Waals surface area contributed by atoms with E-state index < -0.39 is 0 Å². The van der Waals surface area contributed by atoms with Gasteiger partial charge < -0.3 is 19.8 Å². The van der Waals surface area contributed by atoms with Gasteiger partial charge >= 0.3 is 0 Å². The molecule has 0 saturated carbocycles. The Kier molecular flexibility index (Phi) is 6.21. The van der Waals surface area contributed by atoms with E-state index in [4.69, 9.17) is 16.1 Å². The van der Waals surface area contributed by atoms with Crippen LogP contribution in [0.3, 0.4) is 0 Å². The van der Waals surface area contributed by atoms with Crippen LogP contribution in [0.25, 0.3) is 11.4 Å². The summed E-state index contributed by atoms with van der Waals surface area (Å²) < 4.78 is 5.33. The Morgan fingerprint density at radius 1 is 1.24 bits per heavy atom. The Labute approximate surface area is 173 Å². The maximum atomic E-state index is 9.42. The van der Waals surface area contributed by atoms with Gasteiger partial charge in [0.05, 0.1) is 0 Å². The van der Waals surface area contributed by atoms with Gasteiger partial charge in [0.2, 0.25) is 11.7 Å². The van der Waals surface area contributed by atoms with Crippen LogP contribution < -0.4 is 10.2 Å². The van der Waals surface area contributed by atoms with Gasteiger partial charge in [0.25, 0.3) is 0 Å². The average Bonchev–Trinajstić information content (AvgIpc) is 3.23. The Morgan fingerprint density at radius 2 is 2.10 bits per heavy atom. The van der Waals surface area contributed by atoms with Crippen LogP contribution in [0.1, 0.15) is 18.7 Å². The molecule has 1 saturated heterocycles. The van der Waals surface area contributed by atoms with Gasteiger partial charge in [-0.3, -0.25) is 0 Å². The van der Waals surface area contributed by atoms with Gasteiger partial charge in [0.1, 0.15) is 18.0 Å². The van der Waals surface area contributed by atoms with Gasteiger partial charge in [-0.2, -0.15) is 4.98 Å². The molecule has 2 aromatic heterocycles. The first-order valence-corrected chi connectivity index (χ1v) is 10.1. The lowest BCUT2D eigenvalue weighted by molar-refractivity contribution is 0.208. The molecule has 1 aliphatic rings. The van der Waals surface area contributed by atoms with Crippen molar-refractivity contribution in [1.29, 1.82) is 0 Å². The molecule has 0 bridgehead atoms. The van der Waals surface area contributed by atoms with Gasteiger partial charge in [-0.05, 0) is 43.0 Å². The molecule has 2 N–H and O–H groups in total. The minimum atomic E-state index is 0.217. The second-order valence-electron chi connectivity index (χ2n) is 7.09. The van der Waals surface area contributed by atoms with E-state index in [0.29, 0.717) is 35.6 Å². The molecule has 0 amide bonds. The molecule has 152 valence electrons. The highest BCUT2D eigenvalue weighted by Gasteiger charge is 2.20. The number of nitrogens with zero attached hydrogens (tertiary/aromatic N) is 5. The molecule has 3 heterocycles. The number of rotatable bonds is 7. The zero-order valence-electron chi connectivity index (χ0n) is 16.0. The largest absolute Gasteiger partial charge is 0.396 e. The predicted octanol–water partition coefficient (Wildman–Crippen LogP) is 3.04. The minimum Gasteiger partial charge on any atom is -0.396 e. The molecule has 1 aliphatic heterocycles. The monoisotopic (exact) mass is 414 g/mol. The normalized spacial score (nSPS) is 16.8. The Morgan fingerprint density at radius 3 is 2.93 bits per heavy atom. The second-order valence-corrected chi connectivity index (χ2v) is 7.53. The first kappa shape index (κ1) is 19.6. The van der Waals surface area contributed by atoms with Crippen LogP contribution in [0.2, 0.25) is 5.02 Å². The maximum absolute atomic E-state index is 9.42. The van der Waals surface area contributed by atoms with Gasteiger partial charge in [-0.1, -0.05) is 16.8 Å². The second kappa shape index (κ2) is 9.19. The predicted molar refractivity (Wildman–Crippen MR) is 111 cm³/mol. The standard InChI is InChI=1S/C20H23ClN6O2/c21-16-5-3-15(4-6-16)20-25-19(29-26-20)7-8-22-17-10-18(24-13-23-17)27-9-1-2-14(11-27)12-28/h3-6,10,13-14,28H,1-2,7-9,11-12H2,(H,22,23,24). The summed E-state index contributed by atoms with van der Waals surface area (Å²) >= 11 is 5.91. The van der Waals surface area contributed by atoms with Gasteiger partial charge in [0.15, 0.2) is 0 Å². The molecule has 8 nitrogen and oxygen atoms in total. The molecule has 4 rings (SSSR count). The summed E-state index contributed by atoms with van der Waals surface area (Å²) in [7, 11) is 0. The van der Waals surface area contributed by atoms with Crippen LogP contribution in [0, 0.1) is 5.92 Å². The molecule has 1 unspecified atom stereocenters. The van der Waals surface area contributed by atoms with Gasteiger partial charge in [-0.25, -0.2) is 9.97 Å². The van der Waals surface area contributed by atoms with E-state index in [2.05, 4.69) is 30.3 Å². The van der Waals surface area contributed by atoms with E-state index in [-0.39, 0.29) is 6.61 Å². The van der Waals surface area contributed by atoms with Gasteiger partial charge in [0, 0.05) is 49.3 Å². The summed E-state index contributed by atoms with van der Waals surface area (Å²) in [5.74, 6) is 3.03. The number of hydrogen-bond donors (Lipinski definition) is 2. The highest BCUT2D eigenvalue weighted by Crippen LogP contribution is 2.22. The van der Waals surface area contributed by atoms with Crippen LogP contribution in [-0.4, -0.2) is 51.5 Å². The van der Waals surface area contributed by atoms with Crippen molar-refractivity contribution < 1.29 is 9.63 Å². The first-order chi connectivity index (χ1) is 14.2. The average molecular weight is 415 g/mol. The third kappa shape index (κ3) is 5.02. The Balaban J connectivity index is 1.32. The fourth-order valence-electron chi connectivity index (χ4n) is 3.41. The third-order valence-electron chi connectivity index (χ3n) is 4.97. The van der Waals surface area contributed by atoms with Crippen molar-refractivity contribution in [2.75, 3.05) is 36.5 Å². The third-order valence-corrected chi connectivity index (χ3v) is 5.22. The SMILES string of the molecule is OCC1CCCN(c2cc(NCCc3nc(-c4ccc(Cl)cc4)no3)ncn2)C1. The van der Waals surface area contributed by atoms with E-state index in [9.17, 15) is 5.11 Å². The summed E-state index contributed by atoms with van der Waals surface area (Å²) in [5.41, 5.74) is 0.862. The Hall–Kier alpha value is -2.71. The zero-order chi connectivity index (χ0) is 20.1. The van der Waals surface area contributed by atoms with E-state index >= 15 is 0 Å². The number of hydrogen-bond acceptors (Lipinski definition) is 8. The lowest BCUT2D eigenvalue weighted by atomic mass is 9.99.